The quantitative estimate of drug-likeness (QED) is 0.750. The lowest BCUT2D eigenvalue weighted by Crippen LogP contribution is -2.51. The Balaban J connectivity index is 1.93. The second kappa shape index (κ2) is 5.05. The van der Waals surface area contributed by atoms with E-state index in [0.29, 0.717) is 19.6 Å². The van der Waals surface area contributed by atoms with E-state index in [9.17, 15) is 8.42 Å². The Labute approximate surface area is 108 Å². The molecule has 0 atom stereocenters. The molecule has 0 bridgehead atoms. The standard InChI is InChI=1S/C10H21N3O2S2/c1-16-10(8-11)4-6-13(7-5-10)17(14,15)12-9-2-3-9/h9,12H,2-8,11H2,1H3. The maximum Gasteiger partial charge on any atom is 0.279 e. The fraction of sp³-hybridized carbons (Fsp3) is 1.00. The zero-order valence-corrected chi connectivity index (χ0v) is 11.8. The molecule has 1 heterocycles. The van der Waals surface area contributed by atoms with Crippen molar-refractivity contribution in [3.05, 3.63) is 0 Å². The van der Waals surface area contributed by atoms with Gasteiger partial charge in [0.05, 0.1) is 0 Å². The minimum atomic E-state index is -3.25. The fourth-order valence-corrected chi connectivity index (χ4v) is 4.34. The van der Waals surface area contributed by atoms with Crippen LogP contribution in [0.15, 0.2) is 0 Å². The number of nitrogens with zero attached hydrogens (tertiary/aromatic N) is 1. The number of thioether (sulfide) groups is 1. The molecule has 2 fully saturated rings. The van der Waals surface area contributed by atoms with Crippen molar-refractivity contribution in [1.82, 2.24) is 9.03 Å². The van der Waals surface area contributed by atoms with Crippen LogP contribution in [0.2, 0.25) is 0 Å². The van der Waals surface area contributed by atoms with Gasteiger partial charge < -0.3 is 5.73 Å². The summed E-state index contributed by atoms with van der Waals surface area (Å²) in [4.78, 5) is 0. The van der Waals surface area contributed by atoms with Crippen molar-refractivity contribution in [2.24, 2.45) is 5.73 Å². The average Bonchev–Trinajstić information content (AvgIpc) is 3.12. The molecule has 0 aromatic carbocycles. The van der Waals surface area contributed by atoms with E-state index in [1.807, 2.05) is 0 Å². The predicted molar refractivity (Wildman–Crippen MR) is 71.2 cm³/mol. The normalized spacial score (nSPS) is 26.0. The molecule has 5 nitrogen and oxygen atoms in total. The third-order valence-electron chi connectivity index (χ3n) is 3.67. The third-order valence-corrected chi connectivity index (χ3v) is 6.79. The summed E-state index contributed by atoms with van der Waals surface area (Å²) in [5, 5.41) is 0. The molecule has 0 amide bonds. The highest BCUT2D eigenvalue weighted by atomic mass is 32.2. The molecule has 7 heteroatoms. The number of hydrogen-bond donors (Lipinski definition) is 2. The van der Waals surface area contributed by atoms with Crippen molar-refractivity contribution in [2.75, 3.05) is 25.9 Å². The highest BCUT2D eigenvalue weighted by molar-refractivity contribution is 8.00. The summed E-state index contributed by atoms with van der Waals surface area (Å²) < 4.78 is 28.4. The highest BCUT2D eigenvalue weighted by Crippen LogP contribution is 2.34. The Kier molecular flexibility index (Phi) is 4.04. The van der Waals surface area contributed by atoms with Gasteiger partial charge in [0.15, 0.2) is 0 Å². The molecule has 1 saturated carbocycles. The SMILES string of the molecule is CSC1(CN)CCN(S(=O)(=O)NC2CC2)CC1. The molecule has 0 unspecified atom stereocenters. The Morgan fingerprint density at radius 2 is 2.00 bits per heavy atom. The number of nitrogens with two attached hydrogens (primary N) is 1. The van der Waals surface area contributed by atoms with Crippen molar-refractivity contribution in [3.63, 3.8) is 0 Å². The lowest BCUT2D eigenvalue weighted by Gasteiger charge is -2.39. The van der Waals surface area contributed by atoms with Crippen molar-refractivity contribution in [3.8, 4) is 0 Å². The van der Waals surface area contributed by atoms with Gasteiger partial charge in [0, 0.05) is 30.4 Å². The first-order chi connectivity index (χ1) is 8.01. The maximum absolute atomic E-state index is 12.0. The largest absolute Gasteiger partial charge is 0.329 e. The van der Waals surface area contributed by atoms with Crippen molar-refractivity contribution >= 4 is 22.0 Å². The molecular weight excluding hydrogens is 258 g/mol. The van der Waals surface area contributed by atoms with E-state index < -0.39 is 10.2 Å². The third kappa shape index (κ3) is 3.14. The Morgan fingerprint density at radius 3 is 2.41 bits per heavy atom. The molecule has 0 radical (unpaired) electrons. The van der Waals surface area contributed by atoms with Gasteiger partial charge in [0.2, 0.25) is 0 Å². The van der Waals surface area contributed by atoms with E-state index in [2.05, 4.69) is 11.0 Å². The molecule has 2 rings (SSSR count). The Hall–Kier alpha value is 0.180. The minimum Gasteiger partial charge on any atom is -0.329 e. The second-order valence-corrected chi connectivity index (χ2v) is 7.86. The molecule has 0 spiro atoms. The zero-order chi connectivity index (χ0) is 12.5. The topological polar surface area (TPSA) is 75.4 Å². The van der Waals surface area contributed by atoms with Crippen LogP contribution in [-0.4, -0.2) is 49.4 Å². The summed E-state index contributed by atoms with van der Waals surface area (Å²) in [6.07, 6.45) is 5.70. The van der Waals surface area contributed by atoms with Crippen molar-refractivity contribution < 1.29 is 8.42 Å². The number of rotatable bonds is 5. The zero-order valence-electron chi connectivity index (χ0n) is 10.2. The van der Waals surface area contributed by atoms with Gasteiger partial charge in [-0.3, -0.25) is 0 Å². The lowest BCUT2D eigenvalue weighted by atomic mass is 9.97. The van der Waals surface area contributed by atoms with Gasteiger partial charge in [-0.1, -0.05) is 0 Å². The molecule has 1 saturated heterocycles. The van der Waals surface area contributed by atoms with Crippen molar-refractivity contribution in [1.29, 1.82) is 0 Å². The summed E-state index contributed by atoms with van der Waals surface area (Å²) in [6, 6.07) is 0.182. The maximum atomic E-state index is 12.0. The van der Waals surface area contributed by atoms with Crippen LogP contribution in [-0.2, 0) is 10.2 Å². The number of nitrogens with one attached hydrogen (secondary N) is 1. The summed E-state index contributed by atoms with van der Waals surface area (Å²) >= 11 is 1.77. The fourth-order valence-electron chi connectivity index (χ4n) is 2.11. The first kappa shape index (κ1) is 13.6. The van der Waals surface area contributed by atoms with Gasteiger partial charge in [0.1, 0.15) is 0 Å². The van der Waals surface area contributed by atoms with Gasteiger partial charge >= 0.3 is 0 Å². The van der Waals surface area contributed by atoms with E-state index in [1.54, 1.807) is 16.1 Å². The van der Waals surface area contributed by atoms with Crippen LogP contribution >= 0.6 is 11.8 Å². The summed E-state index contributed by atoms with van der Waals surface area (Å²) in [5.41, 5.74) is 5.79. The van der Waals surface area contributed by atoms with E-state index in [-0.39, 0.29) is 10.8 Å². The monoisotopic (exact) mass is 279 g/mol. The predicted octanol–water partition coefficient (Wildman–Crippen LogP) is 0.140. The van der Waals surface area contributed by atoms with Crippen LogP contribution in [0.3, 0.4) is 0 Å². The summed E-state index contributed by atoms with van der Waals surface area (Å²) in [5.74, 6) is 0. The van der Waals surface area contributed by atoms with Crippen LogP contribution < -0.4 is 10.5 Å². The molecule has 0 aromatic rings. The molecule has 0 aromatic heterocycles. The van der Waals surface area contributed by atoms with Crippen molar-refractivity contribution in [2.45, 2.75) is 36.5 Å². The highest BCUT2D eigenvalue weighted by Gasteiger charge is 2.38. The number of piperidine rings is 1. The first-order valence-electron chi connectivity index (χ1n) is 6.04. The van der Waals surface area contributed by atoms with E-state index in [0.717, 1.165) is 25.7 Å². The molecule has 3 N–H and O–H groups in total. The van der Waals surface area contributed by atoms with Crippen LogP contribution in [0.25, 0.3) is 0 Å². The van der Waals surface area contributed by atoms with Gasteiger partial charge in [-0.05, 0) is 31.9 Å². The second-order valence-electron chi connectivity index (χ2n) is 4.89. The van der Waals surface area contributed by atoms with Gasteiger partial charge in [-0.15, -0.1) is 0 Å². The molecule has 1 aliphatic carbocycles. The van der Waals surface area contributed by atoms with Crippen LogP contribution in [0.1, 0.15) is 25.7 Å². The van der Waals surface area contributed by atoms with E-state index >= 15 is 0 Å². The first-order valence-corrected chi connectivity index (χ1v) is 8.70. The van der Waals surface area contributed by atoms with Crippen LogP contribution in [0.4, 0.5) is 0 Å². The molecule has 100 valence electrons. The Morgan fingerprint density at radius 1 is 1.41 bits per heavy atom. The summed E-state index contributed by atoms with van der Waals surface area (Å²) in [7, 11) is -3.25. The summed E-state index contributed by atoms with van der Waals surface area (Å²) in [6.45, 7) is 1.79. The molecule has 1 aliphatic heterocycles. The van der Waals surface area contributed by atoms with Gasteiger partial charge in [0.25, 0.3) is 10.2 Å². The minimum absolute atomic E-state index is 0.0750. The van der Waals surface area contributed by atoms with Crippen LogP contribution in [0.5, 0.6) is 0 Å². The Bertz CT molecular complexity index is 354. The average molecular weight is 279 g/mol. The molecule has 17 heavy (non-hydrogen) atoms. The van der Waals surface area contributed by atoms with Gasteiger partial charge in [-0.25, -0.2) is 0 Å². The van der Waals surface area contributed by atoms with E-state index in [1.165, 1.54) is 0 Å². The molecular formula is C10H21N3O2S2. The smallest absolute Gasteiger partial charge is 0.279 e. The molecule has 2 aliphatic rings. The van der Waals surface area contributed by atoms with E-state index in [4.69, 9.17) is 5.73 Å². The lowest BCUT2D eigenvalue weighted by molar-refractivity contribution is 0.298. The van der Waals surface area contributed by atoms with Crippen LogP contribution in [0, 0.1) is 0 Å². The van der Waals surface area contributed by atoms with Gasteiger partial charge in [-0.2, -0.15) is 29.2 Å². The number of hydrogen-bond acceptors (Lipinski definition) is 4.